The van der Waals surface area contributed by atoms with E-state index in [0.29, 0.717) is 5.92 Å². The highest BCUT2D eigenvalue weighted by Crippen LogP contribution is 2.25. The van der Waals surface area contributed by atoms with Crippen LogP contribution in [0.3, 0.4) is 0 Å². The lowest BCUT2D eigenvalue weighted by atomic mass is 9.98. The average molecular weight is 271 g/mol. The number of rotatable bonds is 6. The van der Waals surface area contributed by atoms with E-state index < -0.39 is 0 Å². The third-order valence-electron chi connectivity index (χ3n) is 3.58. The Hall–Kier alpha value is -1.54. The molecule has 1 atom stereocenters. The normalized spacial score (nSPS) is 12.8. The summed E-state index contributed by atoms with van der Waals surface area (Å²) in [5.74, 6) is 2.52. The van der Waals surface area contributed by atoms with Crippen LogP contribution >= 0.6 is 0 Å². The van der Waals surface area contributed by atoms with Crippen LogP contribution < -0.4 is 5.32 Å². The van der Waals surface area contributed by atoms with Crippen molar-refractivity contribution in [3.05, 3.63) is 59.0 Å². The maximum atomic E-state index is 5.81. The van der Waals surface area contributed by atoms with E-state index in [-0.39, 0.29) is 6.04 Å². The van der Waals surface area contributed by atoms with Crippen LogP contribution in [-0.4, -0.2) is 6.54 Å². The maximum absolute atomic E-state index is 5.81. The molecule has 2 rings (SSSR count). The van der Waals surface area contributed by atoms with Gasteiger partial charge in [0.15, 0.2) is 0 Å². The molecule has 2 nitrogen and oxygen atoms in total. The molecule has 0 aliphatic carbocycles. The molecule has 108 valence electrons. The highest BCUT2D eigenvalue weighted by molar-refractivity contribution is 5.31. The van der Waals surface area contributed by atoms with E-state index in [1.54, 1.807) is 0 Å². The van der Waals surface area contributed by atoms with Crippen molar-refractivity contribution >= 4 is 0 Å². The van der Waals surface area contributed by atoms with Crippen molar-refractivity contribution in [3.8, 4) is 0 Å². The van der Waals surface area contributed by atoms with Gasteiger partial charge in [-0.3, -0.25) is 0 Å². The molecule has 1 N–H and O–H groups in total. The van der Waals surface area contributed by atoms with Crippen LogP contribution in [0.25, 0.3) is 0 Å². The van der Waals surface area contributed by atoms with E-state index in [1.807, 2.05) is 13.0 Å². The van der Waals surface area contributed by atoms with Gasteiger partial charge in [-0.25, -0.2) is 0 Å². The van der Waals surface area contributed by atoms with Gasteiger partial charge in [-0.2, -0.15) is 0 Å². The van der Waals surface area contributed by atoms with Gasteiger partial charge in [0.2, 0.25) is 0 Å². The number of furan rings is 1. The van der Waals surface area contributed by atoms with E-state index in [2.05, 4.69) is 56.4 Å². The minimum Gasteiger partial charge on any atom is -0.464 e. The molecular weight excluding hydrogens is 246 g/mol. The van der Waals surface area contributed by atoms with Crippen molar-refractivity contribution < 1.29 is 4.42 Å². The first kappa shape index (κ1) is 14.9. The third kappa shape index (κ3) is 3.51. The summed E-state index contributed by atoms with van der Waals surface area (Å²) >= 11 is 0. The summed E-state index contributed by atoms with van der Waals surface area (Å²) in [5, 5.41) is 3.57. The van der Waals surface area contributed by atoms with Gasteiger partial charge in [0, 0.05) is 0 Å². The highest BCUT2D eigenvalue weighted by Gasteiger charge is 2.16. The zero-order valence-electron chi connectivity index (χ0n) is 12.9. The van der Waals surface area contributed by atoms with Gasteiger partial charge in [-0.15, -0.1) is 0 Å². The van der Waals surface area contributed by atoms with Crippen molar-refractivity contribution in [1.82, 2.24) is 5.32 Å². The predicted molar refractivity (Wildman–Crippen MR) is 84.1 cm³/mol. The second-order valence-electron chi connectivity index (χ2n) is 5.66. The van der Waals surface area contributed by atoms with Gasteiger partial charge < -0.3 is 9.73 Å². The lowest BCUT2D eigenvalue weighted by Gasteiger charge is -2.17. The molecule has 2 heteroatoms. The summed E-state index contributed by atoms with van der Waals surface area (Å²) in [4.78, 5) is 0. The van der Waals surface area contributed by atoms with Crippen LogP contribution in [0.15, 0.2) is 40.8 Å². The standard InChI is InChI=1S/C18H25NO/c1-5-12-19-18(17-11-6-14(4)20-17)16-9-7-15(8-10-16)13(2)3/h6-11,13,18-19H,5,12H2,1-4H3. The van der Waals surface area contributed by atoms with E-state index >= 15 is 0 Å². The van der Waals surface area contributed by atoms with Gasteiger partial charge in [-0.05, 0) is 49.1 Å². The summed E-state index contributed by atoms with van der Waals surface area (Å²) in [6, 6.07) is 13.1. The Morgan fingerprint density at radius 1 is 1.00 bits per heavy atom. The smallest absolute Gasteiger partial charge is 0.125 e. The lowest BCUT2D eigenvalue weighted by Crippen LogP contribution is -2.22. The summed E-state index contributed by atoms with van der Waals surface area (Å²) in [6.07, 6.45) is 1.11. The second-order valence-corrected chi connectivity index (χ2v) is 5.66. The molecule has 0 aliphatic rings. The van der Waals surface area contributed by atoms with Crippen molar-refractivity contribution in [3.63, 3.8) is 0 Å². The Balaban J connectivity index is 2.26. The summed E-state index contributed by atoms with van der Waals surface area (Å²) < 4.78 is 5.81. The molecule has 1 heterocycles. The van der Waals surface area contributed by atoms with Crippen molar-refractivity contribution in [2.75, 3.05) is 6.54 Å². The molecule has 0 bridgehead atoms. The number of aryl methyl sites for hydroxylation is 1. The topological polar surface area (TPSA) is 25.2 Å². The summed E-state index contributed by atoms with van der Waals surface area (Å²) in [6.45, 7) is 9.59. The molecule has 0 spiro atoms. The van der Waals surface area contributed by atoms with Crippen LogP contribution in [0.4, 0.5) is 0 Å². The predicted octanol–water partition coefficient (Wildman–Crippen LogP) is 4.80. The van der Waals surface area contributed by atoms with Crippen LogP contribution in [0.1, 0.15) is 61.8 Å². The zero-order chi connectivity index (χ0) is 14.5. The number of benzene rings is 1. The van der Waals surface area contributed by atoms with Gasteiger partial charge >= 0.3 is 0 Å². The molecule has 1 aromatic carbocycles. The van der Waals surface area contributed by atoms with Gasteiger partial charge in [0.25, 0.3) is 0 Å². The number of hydrogen-bond acceptors (Lipinski definition) is 2. The Morgan fingerprint density at radius 3 is 2.15 bits per heavy atom. The third-order valence-corrected chi connectivity index (χ3v) is 3.58. The molecule has 0 saturated carbocycles. The van der Waals surface area contributed by atoms with Crippen LogP contribution in [0.5, 0.6) is 0 Å². The van der Waals surface area contributed by atoms with E-state index in [1.165, 1.54) is 11.1 Å². The van der Waals surface area contributed by atoms with Crippen molar-refractivity contribution in [2.45, 2.75) is 46.1 Å². The molecule has 0 radical (unpaired) electrons. The van der Waals surface area contributed by atoms with E-state index in [0.717, 1.165) is 24.5 Å². The van der Waals surface area contributed by atoms with Crippen molar-refractivity contribution in [2.24, 2.45) is 0 Å². The van der Waals surface area contributed by atoms with Crippen LogP contribution in [0, 0.1) is 6.92 Å². The largest absolute Gasteiger partial charge is 0.464 e. The Bertz CT molecular complexity index is 525. The first-order chi connectivity index (χ1) is 9.61. The monoisotopic (exact) mass is 271 g/mol. The number of nitrogens with one attached hydrogen (secondary N) is 1. The maximum Gasteiger partial charge on any atom is 0.125 e. The van der Waals surface area contributed by atoms with Gasteiger partial charge in [0.05, 0.1) is 6.04 Å². The molecule has 2 aromatic rings. The molecule has 20 heavy (non-hydrogen) atoms. The quantitative estimate of drug-likeness (QED) is 0.816. The molecule has 0 amide bonds. The first-order valence-electron chi connectivity index (χ1n) is 7.51. The fourth-order valence-corrected chi connectivity index (χ4v) is 2.35. The van der Waals surface area contributed by atoms with Crippen LogP contribution in [-0.2, 0) is 0 Å². The molecule has 1 aromatic heterocycles. The lowest BCUT2D eigenvalue weighted by molar-refractivity contribution is 0.430. The Morgan fingerprint density at radius 2 is 1.65 bits per heavy atom. The molecule has 0 saturated heterocycles. The van der Waals surface area contributed by atoms with Gasteiger partial charge in [-0.1, -0.05) is 45.0 Å². The zero-order valence-corrected chi connectivity index (χ0v) is 12.9. The minimum atomic E-state index is 0.143. The first-order valence-corrected chi connectivity index (χ1v) is 7.51. The molecule has 1 unspecified atom stereocenters. The summed E-state index contributed by atoms with van der Waals surface area (Å²) in [7, 11) is 0. The van der Waals surface area contributed by atoms with Crippen LogP contribution in [0.2, 0.25) is 0 Å². The Labute approximate surface area is 122 Å². The average Bonchev–Trinajstić information content (AvgIpc) is 2.86. The Kier molecular flexibility index (Phi) is 5.02. The fourth-order valence-electron chi connectivity index (χ4n) is 2.35. The van der Waals surface area contributed by atoms with E-state index in [4.69, 9.17) is 4.42 Å². The fraction of sp³-hybridized carbons (Fsp3) is 0.444. The summed E-state index contributed by atoms with van der Waals surface area (Å²) in [5.41, 5.74) is 2.64. The number of hydrogen-bond donors (Lipinski definition) is 1. The van der Waals surface area contributed by atoms with E-state index in [9.17, 15) is 0 Å². The second kappa shape index (κ2) is 6.76. The van der Waals surface area contributed by atoms with Gasteiger partial charge in [0.1, 0.15) is 11.5 Å². The SMILES string of the molecule is CCCNC(c1ccc(C(C)C)cc1)c1ccc(C)o1. The molecular formula is C18H25NO. The minimum absolute atomic E-state index is 0.143. The molecule has 0 fully saturated rings. The highest BCUT2D eigenvalue weighted by atomic mass is 16.3. The molecule has 0 aliphatic heterocycles. The van der Waals surface area contributed by atoms with Crippen molar-refractivity contribution in [1.29, 1.82) is 0 Å².